The first kappa shape index (κ1) is 24.3. The topological polar surface area (TPSA) is 47.6 Å². The van der Waals surface area contributed by atoms with E-state index in [4.69, 9.17) is 9.47 Å². The Kier molecular flexibility index (Phi) is 6.91. The molecule has 2 bridgehead atoms. The summed E-state index contributed by atoms with van der Waals surface area (Å²) in [7, 11) is 0. The summed E-state index contributed by atoms with van der Waals surface area (Å²) >= 11 is 0. The minimum Gasteiger partial charge on any atom is -0.489 e. The van der Waals surface area contributed by atoms with Crippen LogP contribution >= 0.6 is 0 Å². The van der Waals surface area contributed by atoms with Gasteiger partial charge < -0.3 is 14.8 Å². The maximum absolute atomic E-state index is 13.2. The highest BCUT2D eigenvalue weighted by atomic mass is 19.1. The van der Waals surface area contributed by atoms with Crippen LogP contribution in [0.3, 0.4) is 0 Å². The van der Waals surface area contributed by atoms with E-state index in [1.54, 1.807) is 0 Å². The van der Waals surface area contributed by atoms with Gasteiger partial charge in [0.15, 0.2) is 0 Å². The van der Waals surface area contributed by atoms with Gasteiger partial charge in [0.2, 0.25) is 5.91 Å². The van der Waals surface area contributed by atoms with Gasteiger partial charge in [-0.1, -0.05) is 19.1 Å². The summed E-state index contributed by atoms with van der Waals surface area (Å²) in [6.45, 7) is 8.47. The lowest BCUT2D eigenvalue weighted by Gasteiger charge is -2.53. The van der Waals surface area contributed by atoms with E-state index in [2.05, 4.69) is 38.2 Å². The fourth-order valence-corrected chi connectivity index (χ4v) is 5.87. The second-order valence-electron chi connectivity index (χ2n) is 11.5. The summed E-state index contributed by atoms with van der Waals surface area (Å²) in [5.41, 5.74) is 1.88. The van der Waals surface area contributed by atoms with Crippen molar-refractivity contribution in [1.29, 1.82) is 0 Å². The van der Waals surface area contributed by atoms with E-state index in [-0.39, 0.29) is 34.5 Å². The molecule has 0 heterocycles. The van der Waals surface area contributed by atoms with Crippen molar-refractivity contribution >= 4 is 5.91 Å². The van der Waals surface area contributed by atoms with Gasteiger partial charge in [-0.25, -0.2) is 4.39 Å². The van der Waals surface area contributed by atoms with Crippen molar-refractivity contribution in [3.05, 3.63) is 41.7 Å². The van der Waals surface area contributed by atoms with Crippen LogP contribution in [0.4, 0.5) is 4.39 Å². The summed E-state index contributed by atoms with van der Waals surface area (Å²) in [4.78, 5) is 13.2. The third kappa shape index (κ3) is 5.29. The van der Waals surface area contributed by atoms with Crippen molar-refractivity contribution in [3.8, 4) is 5.75 Å². The van der Waals surface area contributed by atoms with Gasteiger partial charge >= 0.3 is 0 Å². The Morgan fingerprint density at radius 3 is 2.21 bits per heavy atom. The van der Waals surface area contributed by atoms with E-state index in [0.717, 1.165) is 57.1 Å². The largest absolute Gasteiger partial charge is 0.489 e. The van der Waals surface area contributed by atoms with Crippen LogP contribution in [0.15, 0.2) is 36.2 Å². The predicted octanol–water partition coefficient (Wildman–Crippen LogP) is 6.38. The summed E-state index contributed by atoms with van der Waals surface area (Å²) in [5, 5.41) is 3.34. The van der Waals surface area contributed by atoms with Gasteiger partial charge in [-0.05, 0) is 107 Å². The smallest absolute Gasteiger partial charge is 0.226 e. The number of halogens is 1. The van der Waals surface area contributed by atoms with Crippen LogP contribution in [0.1, 0.15) is 91.0 Å². The van der Waals surface area contributed by atoms with Crippen molar-refractivity contribution in [1.82, 2.24) is 5.32 Å². The van der Waals surface area contributed by atoms with E-state index in [0.29, 0.717) is 24.9 Å². The van der Waals surface area contributed by atoms with Gasteiger partial charge in [-0.2, -0.15) is 0 Å². The number of fused-ring (bicyclic) bond motifs is 3. The molecule has 1 aromatic carbocycles. The lowest BCUT2D eigenvalue weighted by atomic mass is 9.51. The molecular formula is C28H40FNO3. The summed E-state index contributed by atoms with van der Waals surface area (Å²) in [6, 6.07) is 8.61. The van der Waals surface area contributed by atoms with Crippen LogP contribution in [-0.4, -0.2) is 30.3 Å². The number of hydrogen-bond donors (Lipinski definition) is 1. The molecule has 1 aromatic rings. The molecule has 0 saturated heterocycles. The molecule has 182 valence electrons. The van der Waals surface area contributed by atoms with Gasteiger partial charge in [0.25, 0.3) is 0 Å². The zero-order valence-electron chi connectivity index (χ0n) is 20.7. The van der Waals surface area contributed by atoms with Crippen LogP contribution < -0.4 is 10.1 Å². The number of carbonyl (C=O) groups excluding carboxylic acids is 1. The predicted molar refractivity (Wildman–Crippen MR) is 129 cm³/mol. The summed E-state index contributed by atoms with van der Waals surface area (Å²) < 4.78 is 24.5. The highest BCUT2D eigenvalue weighted by molar-refractivity contribution is 5.83. The van der Waals surface area contributed by atoms with Crippen LogP contribution in [0, 0.1) is 5.41 Å². The van der Waals surface area contributed by atoms with Crippen molar-refractivity contribution in [3.63, 3.8) is 0 Å². The number of nitrogens with one attached hydrogen (secondary N) is 1. The molecule has 0 atom stereocenters. The molecule has 0 unspecified atom stereocenters. The van der Waals surface area contributed by atoms with E-state index in [1.165, 1.54) is 5.56 Å². The Morgan fingerprint density at radius 1 is 1.09 bits per heavy atom. The molecule has 5 heteroatoms. The molecule has 0 spiro atoms. The number of hydrogen-bond acceptors (Lipinski definition) is 3. The molecule has 4 aliphatic carbocycles. The Morgan fingerprint density at radius 2 is 1.70 bits per heavy atom. The summed E-state index contributed by atoms with van der Waals surface area (Å²) in [6.07, 6.45) is 9.50. The molecule has 4 saturated carbocycles. The molecule has 0 aromatic heterocycles. The fraction of sp³-hybridized carbons (Fsp3) is 0.679. The van der Waals surface area contributed by atoms with E-state index < -0.39 is 0 Å². The monoisotopic (exact) mass is 457 g/mol. The van der Waals surface area contributed by atoms with Crippen LogP contribution in [0.25, 0.3) is 0 Å². The lowest BCUT2D eigenvalue weighted by Crippen LogP contribution is -2.56. The Bertz CT molecular complexity index is 840. The SMILES string of the molecule is CC/C(=C\F)COc1ccc(C23CCC(C(=O)NC4CC(OC(C)(C)C)C4)(CC2)CC3)cc1. The number of amides is 1. The lowest BCUT2D eigenvalue weighted by molar-refractivity contribution is -0.143. The van der Waals surface area contributed by atoms with Gasteiger partial charge in [-0.15, -0.1) is 0 Å². The van der Waals surface area contributed by atoms with E-state index >= 15 is 0 Å². The maximum Gasteiger partial charge on any atom is 0.226 e. The fourth-order valence-electron chi connectivity index (χ4n) is 5.87. The number of carbonyl (C=O) groups is 1. The molecule has 1 N–H and O–H groups in total. The maximum atomic E-state index is 13.2. The normalized spacial score (nSPS) is 31.7. The van der Waals surface area contributed by atoms with Crippen molar-refractivity contribution in [2.75, 3.05) is 6.61 Å². The zero-order valence-corrected chi connectivity index (χ0v) is 20.7. The second-order valence-corrected chi connectivity index (χ2v) is 11.5. The molecule has 4 nitrogen and oxygen atoms in total. The average molecular weight is 458 g/mol. The van der Waals surface area contributed by atoms with Crippen LogP contribution in [0.5, 0.6) is 5.75 Å². The van der Waals surface area contributed by atoms with Gasteiger partial charge in [0.05, 0.1) is 18.0 Å². The Balaban J connectivity index is 1.29. The zero-order chi connectivity index (χ0) is 23.7. The first-order valence-corrected chi connectivity index (χ1v) is 12.7. The minimum absolute atomic E-state index is 0.122. The minimum atomic E-state index is -0.184. The molecule has 5 rings (SSSR count). The Hall–Kier alpha value is -1.88. The first-order chi connectivity index (χ1) is 15.7. The summed E-state index contributed by atoms with van der Waals surface area (Å²) in [5.74, 6) is 1.05. The third-order valence-corrected chi connectivity index (χ3v) is 8.18. The van der Waals surface area contributed by atoms with Gasteiger partial charge in [0, 0.05) is 11.5 Å². The third-order valence-electron chi connectivity index (χ3n) is 8.18. The first-order valence-electron chi connectivity index (χ1n) is 12.7. The average Bonchev–Trinajstić information content (AvgIpc) is 2.79. The molecule has 0 radical (unpaired) electrons. The van der Waals surface area contributed by atoms with Gasteiger partial charge in [0.1, 0.15) is 12.4 Å². The van der Waals surface area contributed by atoms with Crippen LogP contribution in [0.2, 0.25) is 0 Å². The number of ether oxygens (including phenoxy) is 2. The molecule has 4 aliphatic rings. The number of benzene rings is 1. The number of rotatable bonds is 8. The van der Waals surface area contributed by atoms with Crippen molar-refractivity contribution in [2.45, 2.75) is 109 Å². The Labute approximate surface area is 198 Å². The second kappa shape index (κ2) is 9.40. The van der Waals surface area contributed by atoms with Crippen molar-refractivity contribution < 1.29 is 18.7 Å². The molecular weight excluding hydrogens is 417 g/mol. The standard InChI is InChI=1S/C28H40FNO3/c1-5-20(18-29)19-32-23-8-6-21(7-9-23)27-10-13-28(14-11-27,15-12-27)25(31)30-22-16-24(17-22)33-26(2,3)4/h6-9,18,22,24H,5,10-17,19H2,1-4H3,(H,30,31)/b20-18+. The molecule has 1 amide bonds. The highest BCUT2D eigenvalue weighted by Crippen LogP contribution is 2.58. The van der Waals surface area contributed by atoms with Crippen molar-refractivity contribution in [2.24, 2.45) is 5.41 Å². The van der Waals surface area contributed by atoms with Gasteiger partial charge in [-0.3, -0.25) is 4.79 Å². The highest BCUT2D eigenvalue weighted by Gasteiger charge is 2.53. The quantitative estimate of drug-likeness (QED) is 0.492. The van der Waals surface area contributed by atoms with E-state index in [1.807, 2.05) is 19.1 Å². The van der Waals surface area contributed by atoms with Crippen LogP contribution in [-0.2, 0) is 14.9 Å². The molecule has 4 fully saturated rings. The molecule has 33 heavy (non-hydrogen) atoms. The van der Waals surface area contributed by atoms with E-state index in [9.17, 15) is 9.18 Å². The molecule has 0 aliphatic heterocycles.